The molecule has 1 amide bonds. The molecule has 0 saturated carbocycles. The molecule has 0 aliphatic rings. The zero-order chi connectivity index (χ0) is 23.7. The molecule has 2 rings (SSSR count). The summed E-state index contributed by atoms with van der Waals surface area (Å²) in [5.74, 6) is -0.517. The van der Waals surface area contributed by atoms with Crippen molar-refractivity contribution in [1.29, 1.82) is 0 Å². The lowest BCUT2D eigenvalue weighted by molar-refractivity contribution is -0.144. The Bertz CT molecular complexity index is 906. The van der Waals surface area contributed by atoms with E-state index >= 15 is 0 Å². The van der Waals surface area contributed by atoms with Gasteiger partial charge in [0.15, 0.2) is 11.8 Å². The monoisotopic (exact) mass is 442 g/mol. The van der Waals surface area contributed by atoms with Crippen LogP contribution in [-0.4, -0.2) is 49.2 Å². The predicted octanol–water partition coefficient (Wildman–Crippen LogP) is 3.82. The topological polar surface area (TPSA) is 103 Å². The van der Waals surface area contributed by atoms with Gasteiger partial charge in [0, 0.05) is 11.3 Å². The Labute approximate surface area is 188 Å². The van der Waals surface area contributed by atoms with E-state index in [1.807, 2.05) is 0 Å². The van der Waals surface area contributed by atoms with Crippen LogP contribution in [0.4, 0.5) is 10.5 Å². The Morgan fingerprint density at radius 3 is 2.09 bits per heavy atom. The Morgan fingerprint density at radius 1 is 0.938 bits per heavy atom. The molecule has 0 radical (unpaired) electrons. The number of rotatable bonds is 9. The van der Waals surface area contributed by atoms with Crippen molar-refractivity contribution in [2.24, 2.45) is 0 Å². The number of methoxy groups -OCH3 is 1. The third-order valence-corrected chi connectivity index (χ3v) is 4.30. The van der Waals surface area contributed by atoms with Gasteiger partial charge in [-0.25, -0.2) is 9.59 Å². The summed E-state index contributed by atoms with van der Waals surface area (Å²) in [6.07, 6.45) is -0.822. The quantitative estimate of drug-likeness (QED) is 0.450. The van der Waals surface area contributed by atoms with E-state index in [9.17, 15) is 14.4 Å². The van der Waals surface area contributed by atoms with E-state index in [4.69, 9.17) is 14.2 Å². The van der Waals surface area contributed by atoms with Crippen molar-refractivity contribution in [3.05, 3.63) is 60.2 Å². The number of benzene rings is 2. The minimum atomic E-state index is -1.28. The Hall–Kier alpha value is -3.55. The first-order valence-corrected chi connectivity index (χ1v) is 10.3. The molecule has 2 aromatic rings. The summed E-state index contributed by atoms with van der Waals surface area (Å²) >= 11 is 0. The van der Waals surface area contributed by atoms with Gasteiger partial charge in [-0.1, -0.05) is 30.3 Å². The molecule has 0 bridgehead atoms. The second-order valence-corrected chi connectivity index (χ2v) is 7.96. The number of hydrogen-bond acceptors (Lipinski definition) is 7. The van der Waals surface area contributed by atoms with Crippen molar-refractivity contribution < 1.29 is 28.6 Å². The fraction of sp³-hybridized carbons (Fsp3) is 0.375. The van der Waals surface area contributed by atoms with Crippen LogP contribution in [0.1, 0.15) is 38.1 Å². The number of alkyl carbamates (subject to hydrolysis) is 1. The SMILES string of the molecule is CCOC(=O)[C@@H](Nc1ccc(OC)cc1)[C@H](NC(=O)OC(C)(C)C)C(=O)c1ccccc1. The lowest BCUT2D eigenvalue weighted by Crippen LogP contribution is -2.56. The molecule has 2 N–H and O–H groups in total. The molecule has 8 heteroatoms. The van der Waals surface area contributed by atoms with Crippen molar-refractivity contribution in [2.75, 3.05) is 19.0 Å². The molecule has 2 atom stereocenters. The van der Waals surface area contributed by atoms with E-state index in [1.54, 1.807) is 89.4 Å². The predicted molar refractivity (Wildman–Crippen MR) is 121 cm³/mol. The van der Waals surface area contributed by atoms with Crippen LogP contribution in [0.25, 0.3) is 0 Å². The zero-order valence-corrected chi connectivity index (χ0v) is 19.0. The molecule has 32 heavy (non-hydrogen) atoms. The maximum atomic E-state index is 13.3. The van der Waals surface area contributed by atoms with Crippen molar-refractivity contribution >= 4 is 23.5 Å². The van der Waals surface area contributed by atoms with Gasteiger partial charge in [-0.05, 0) is 52.0 Å². The number of hydrogen-bond donors (Lipinski definition) is 2. The molecule has 0 spiro atoms. The molecular weight excluding hydrogens is 412 g/mol. The lowest BCUT2D eigenvalue weighted by Gasteiger charge is -2.28. The number of amides is 1. The van der Waals surface area contributed by atoms with E-state index in [-0.39, 0.29) is 6.61 Å². The molecule has 0 saturated heterocycles. The molecule has 172 valence electrons. The zero-order valence-electron chi connectivity index (χ0n) is 19.0. The summed E-state index contributed by atoms with van der Waals surface area (Å²) in [5.41, 5.74) is 0.0906. The summed E-state index contributed by atoms with van der Waals surface area (Å²) in [4.78, 5) is 38.8. The van der Waals surface area contributed by atoms with Crippen molar-refractivity contribution in [2.45, 2.75) is 45.4 Å². The Balaban J connectivity index is 2.42. The summed E-state index contributed by atoms with van der Waals surface area (Å²) in [6, 6.07) is 12.7. The molecule has 0 unspecified atom stereocenters. The molecular formula is C24H30N2O6. The minimum absolute atomic E-state index is 0.109. The number of Topliss-reactive ketones (excluding diaryl/α,β-unsaturated/α-hetero) is 1. The van der Waals surface area contributed by atoms with Crippen LogP contribution in [0.5, 0.6) is 5.75 Å². The fourth-order valence-electron chi connectivity index (χ4n) is 2.89. The summed E-state index contributed by atoms with van der Waals surface area (Å²) < 4.78 is 15.7. The van der Waals surface area contributed by atoms with Gasteiger partial charge in [0.05, 0.1) is 13.7 Å². The van der Waals surface area contributed by atoms with Gasteiger partial charge in [-0.2, -0.15) is 0 Å². The summed E-state index contributed by atoms with van der Waals surface area (Å²) in [6.45, 7) is 6.90. The minimum Gasteiger partial charge on any atom is -0.497 e. The van der Waals surface area contributed by atoms with Gasteiger partial charge >= 0.3 is 12.1 Å². The van der Waals surface area contributed by atoms with E-state index in [0.717, 1.165) is 0 Å². The number of anilines is 1. The number of carbonyl (C=O) groups is 3. The molecule has 0 aliphatic carbocycles. The molecule has 0 heterocycles. The molecule has 0 aromatic heterocycles. The average Bonchev–Trinajstić information content (AvgIpc) is 2.75. The van der Waals surface area contributed by atoms with Gasteiger partial charge in [0.1, 0.15) is 17.4 Å². The largest absolute Gasteiger partial charge is 0.497 e. The van der Waals surface area contributed by atoms with Gasteiger partial charge in [0.2, 0.25) is 0 Å². The smallest absolute Gasteiger partial charge is 0.408 e. The number of nitrogens with one attached hydrogen (secondary N) is 2. The lowest BCUT2D eigenvalue weighted by atomic mass is 9.97. The van der Waals surface area contributed by atoms with Crippen LogP contribution in [0, 0.1) is 0 Å². The Kier molecular flexibility index (Phi) is 8.63. The van der Waals surface area contributed by atoms with Crippen LogP contribution in [0.2, 0.25) is 0 Å². The van der Waals surface area contributed by atoms with E-state index in [1.165, 1.54) is 0 Å². The van der Waals surface area contributed by atoms with Crippen LogP contribution in [0.3, 0.4) is 0 Å². The third kappa shape index (κ3) is 7.30. The van der Waals surface area contributed by atoms with Crippen molar-refractivity contribution in [3.8, 4) is 5.75 Å². The number of carbonyl (C=O) groups excluding carboxylic acids is 3. The van der Waals surface area contributed by atoms with Gasteiger partial charge < -0.3 is 24.8 Å². The number of esters is 1. The molecule has 8 nitrogen and oxygen atoms in total. The number of ether oxygens (including phenoxy) is 3. The third-order valence-electron chi connectivity index (χ3n) is 4.30. The normalized spacial score (nSPS) is 12.8. The van der Waals surface area contributed by atoms with E-state index in [0.29, 0.717) is 17.0 Å². The van der Waals surface area contributed by atoms with Gasteiger partial charge in [-0.3, -0.25) is 4.79 Å². The first-order chi connectivity index (χ1) is 15.1. The van der Waals surface area contributed by atoms with Crippen molar-refractivity contribution in [3.63, 3.8) is 0 Å². The second kappa shape index (κ2) is 11.2. The van der Waals surface area contributed by atoms with E-state index < -0.39 is 35.5 Å². The maximum Gasteiger partial charge on any atom is 0.408 e. The summed E-state index contributed by atoms with van der Waals surface area (Å²) in [7, 11) is 1.54. The highest BCUT2D eigenvalue weighted by Crippen LogP contribution is 2.19. The Morgan fingerprint density at radius 2 is 1.56 bits per heavy atom. The summed E-state index contributed by atoms with van der Waals surface area (Å²) in [5, 5.41) is 5.57. The van der Waals surface area contributed by atoms with Crippen LogP contribution >= 0.6 is 0 Å². The molecule has 2 aromatic carbocycles. The second-order valence-electron chi connectivity index (χ2n) is 7.96. The van der Waals surface area contributed by atoms with Crippen LogP contribution in [-0.2, 0) is 14.3 Å². The molecule has 0 aliphatic heterocycles. The highest BCUT2D eigenvalue weighted by atomic mass is 16.6. The van der Waals surface area contributed by atoms with Crippen molar-refractivity contribution in [1.82, 2.24) is 5.32 Å². The van der Waals surface area contributed by atoms with Gasteiger partial charge in [-0.15, -0.1) is 0 Å². The molecule has 0 fully saturated rings. The van der Waals surface area contributed by atoms with Crippen LogP contribution in [0.15, 0.2) is 54.6 Å². The van der Waals surface area contributed by atoms with E-state index in [2.05, 4.69) is 10.6 Å². The standard InChI is InChI=1S/C24H30N2O6/c1-6-31-22(28)20(25-17-12-14-18(30-5)15-13-17)19(26-23(29)32-24(2,3)4)21(27)16-10-8-7-9-11-16/h7-15,19-20,25H,6H2,1-5H3,(H,26,29)/t19-,20-/m0/s1. The highest BCUT2D eigenvalue weighted by Gasteiger charge is 2.37. The fourth-order valence-corrected chi connectivity index (χ4v) is 2.89. The van der Waals surface area contributed by atoms with Crippen LogP contribution < -0.4 is 15.4 Å². The number of ketones is 1. The average molecular weight is 443 g/mol. The maximum absolute atomic E-state index is 13.3. The first kappa shape index (κ1) is 24.7. The van der Waals surface area contributed by atoms with Gasteiger partial charge in [0.25, 0.3) is 0 Å². The highest BCUT2D eigenvalue weighted by molar-refractivity contribution is 6.05. The first-order valence-electron chi connectivity index (χ1n) is 10.3.